The van der Waals surface area contributed by atoms with Crippen molar-refractivity contribution in [3.63, 3.8) is 0 Å². The number of benzene rings is 1. The summed E-state index contributed by atoms with van der Waals surface area (Å²) in [6, 6.07) is 7.10. The third kappa shape index (κ3) is 4.91. The van der Waals surface area contributed by atoms with Crippen molar-refractivity contribution in [3.8, 4) is 0 Å². The second-order valence-electron chi connectivity index (χ2n) is 7.66. The van der Waals surface area contributed by atoms with E-state index in [1.165, 1.54) is 17.4 Å². The van der Waals surface area contributed by atoms with Crippen LogP contribution < -0.4 is 0 Å². The summed E-state index contributed by atoms with van der Waals surface area (Å²) in [6.07, 6.45) is 0.234. The van der Waals surface area contributed by atoms with E-state index in [9.17, 15) is 14.4 Å². The molecule has 1 heterocycles. The number of carbonyl (C=O) groups excluding carboxylic acids is 3. The van der Waals surface area contributed by atoms with E-state index >= 15 is 0 Å². The molecule has 136 valence electrons. The number of ether oxygens (including phenoxy) is 1. The molecule has 0 saturated carbocycles. The molecule has 1 amide bonds. The molecule has 1 aliphatic heterocycles. The Morgan fingerprint density at radius 1 is 1.24 bits per heavy atom. The van der Waals surface area contributed by atoms with E-state index in [0.29, 0.717) is 12.5 Å². The van der Waals surface area contributed by atoms with Crippen molar-refractivity contribution in [3.05, 3.63) is 35.4 Å². The highest BCUT2D eigenvalue weighted by Gasteiger charge is 2.42. The Bertz CT molecular complexity index is 661. The van der Waals surface area contributed by atoms with E-state index in [0.717, 1.165) is 5.56 Å². The van der Waals surface area contributed by atoms with Gasteiger partial charge in [-0.05, 0) is 30.9 Å². The fourth-order valence-corrected chi connectivity index (χ4v) is 3.08. The molecule has 0 radical (unpaired) electrons. The number of cyclic esters (lactones) is 1. The van der Waals surface area contributed by atoms with Crippen LogP contribution in [0.15, 0.2) is 24.3 Å². The van der Waals surface area contributed by atoms with Crippen molar-refractivity contribution in [2.24, 2.45) is 0 Å². The van der Waals surface area contributed by atoms with E-state index in [2.05, 4.69) is 13.8 Å². The Morgan fingerprint density at radius 2 is 1.84 bits per heavy atom. The molecule has 25 heavy (non-hydrogen) atoms. The lowest BCUT2D eigenvalue weighted by Gasteiger charge is -2.41. The minimum absolute atomic E-state index is 0.0135. The Hall–Kier alpha value is -2.17. The van der Waals surface area contributed by atoms with Crippen molar-refractivity contribution < 1.29 is 19.1 Å². The molecule has 1 aromatic rings. The van der Waals surface area contributed by atoms with Gasteiger partial charge in [0.2, 0.25) is 5.91 Å². The second-order valence-corrected chi connectivity index (χ2v) is 7.66. The van der Waals surface area contributed by atoms with Crippen LogP contribution in [-0.4, -0.2) is 40.7 Å². The third-order valence-corrected chi connectivity index (χ3v) is 4.45. The zero-order valence-corrected chi connectivity index (χ0v) is 15.7. The number of Topliss-reactive ketones (excluding diaryl/α,β-unsaturated/α-hetero) is 1. The van der Waals surface area contributed by atoms with Crippen LogP contribution in [0.25, 0.3) is 0 Å². The zero-order valence-electron chi connectivity index (χ0n) is 15.7. The molecule has 0 bridgehead atoms. The highest BCUT2D eigenvalue weighted by Crippen LogP contribution is 2.24. The van der Waals surface area contributed by atoms with Crippen molar-refractivity contribution in [1.29, 1.82) is 0 Å². The summed E-state index contributed by atoms with van der Waals surface area (Å²) >= 11 is 0. The van der Waals surface area contributed by atoms with E-state index in [1.54, 1.807) is 13.8 Å². The molecule has 0 aliphatic carbocycles. The van der Waals surface area contributed by atoms with Gasteiger partial charge >= 0.3 is 5.97 Å². The fourth-order valence-electron chi connectivity index (χ4n) is 3.08. The lowest BCUT2D eigenvalue weighted by molar-refractivity contribution is -0.182. The maximum atomic E-state index is 12.4. The molecular weight excluding hydrogens is 318 g/mol. The molecule has 0 N–H and O–H groups in total. The minimum Gasteiger partial charge on any atom is -0.456 e. The standard InChI is InChI=1S/C20H27NO4/c1-13(2)16-8-6-15(7-9-16)10-17(23)11-18-19(24)25-20(4,5)12-21(18)14(3)22/h6-9,13,18H,10-12H2,1-5H3. The van der Waals surface area contributed by atoms with Gasteiger partial charge in [-0.1, -0.05) is 38.1 Å². The third-order valence-electron chi connectivity index (χ3n) is 4.45. The van der Waals surface area contributed by atoms with Crippen molar-refractivity contribution >= 4 is 17.7 Å². The van der Waals surface area contributed by atoms with Gasteiger partial charge in [-0.15, -0.1) is 0 Å². The predicted molar refractivity (Wildman–Crippen MR) is 95.2 cm³/mol. The van der Waals surface area contributed by atoms with Crippen LogP contribution in [-0.2, 0) is 25.5 Å². The van der Waals surface area contributed by atoms with E-state index < -0.39 is 17.6 Å². The topological polar surface area (TPSA) is 63.7 Å². The number of amides is 1. The van der Waals surface area contributed by atoms with Crippen LogP contribution in [0, 0.1) is 0 Å². The fraction of sp³-hybridized carbons (Fsp3) is 0.550. The normalized spacial score (nSPS) is 19.7. The summed E-state index contributed by atoms with van der Waals surface area (Å²) in [4.78, 5) is 38.0. The Balaban J connectivity index is 2.05. The van der Waals surface area contributed by atoms with Gasteiger partial charge in [-0.25, -0.2) is 4.79 Å². The molecule has 1 aliphatic rings. The van der Waals surface area contributed by atoms with Gasteiger partial charge in [-0.2, -0.15) is 0 Å². The first-order valence-corrected chi connectivity index (χ1v) is 8.69. The average molecular weight is 345 g/mol. The quantitative estimate of drug-likeness (QED) is 0.770. The molecule has 0 aromatic heterocycles. The van der Waals surface area contributed by atoms with Crippen LogP contribution in [0.2, 0.25) is 0 Å². The molecule has 1 fully saturated rings. The molecule has 0 spiro atoms. The smallest absolute Gasteiger partial charge is 0.329 e. The molecule has 5 heteroatoms. The van der Waals surface area contributed by atoms with Gasteiger partial charge in [0.15, 0.2) is 0 Å². The van der Waals surface area contributed by atoms with Crippen LogP contribution >= 0.6 is 0 Å². The molecule has 1 aromatic carbocycles. The first-order valence-electron chi connectivity index (χ1n) is 8.69. The molecule has 2 rings (SSSR count). The van der Waals surface area contributed by atoms with Gasteiger partial charge in [0.1, 0.15) is 17.4 Å². The SMILES string of the molecule is CC(=O)N1CC(C)(C)OC(=O)C1CC(=O)Cc1ccc(C(C)C)cc1. The van der Waals surface area contributed by atoms with Crippen LogP contribution in [0.4, 0.5) is 0 Å². The van der Waals surface area contributed by atoms with Gasteiger partial charge in [-0.3, -0.25) is 9.59 Å². The summed E-state index contributed by atoms with van der Waals surface area (Å²) < 4.78 is 5.37. The zero-order chi connectivity index (χ0) is 18.8. The van der Waals surface area contributed by atoms with Gasteiger partial charge in [0.05, 0.1) is 6.54 Å². The van der Waals surface area contributed by atoms with Gasteiger partial charge in [0.25, 0.3) is 0 Å². The number of esters is 1. The predicted octanol–water partition coefficient (Wildman–Crippen LogP) is 2.86. The summed E-state index contributed by atoms with van der Waals surface area (Å²) in [7, 11) is 0. The minimum atomic E-state index is -0.826. The highest BCUT2D eigenvalue weighted by atomic mass is 16.6. The average Bonchev–Trinajstić information content (AvgIpc) is 2.49. The summed E-state index contributed by atoms with van der Waals surface area (Å²) in [5.74, 6) is -0.363. The molecule has 1 unspecified atom stereocenters. The van der Waals surface area contributed by atoms with Crippen LogP contribution in [0.1, 0.15) is 58.1 Å². The number of hydrogen-bond acceptors (Lipinski definition) is 4. The molecule has 1 saturated heterocycles. The summed E-state index contributed by atoms with van der Waals surface area (Å²) in [5.41, 5.74) is 1.40. The lowest BCUT2D eigenvalue weighted by atomic mass is 9.96. The Kier molecular flexibility index (Phi) is 5.65. The molecular formula is C20H27NO4. The van der Waals surface area contributed by atoms with E-state index in [1.807, 2.05) is 24.3 Å². The first kappa shape index (κ1) is 19.2. The second kappa shape index (κ2) is 7.38. The largest absolute Gasteiger partial charge is 0.456 e. The number of nitrogens with zero attached hydrogens (tertiary/aromatic N) is 1. The molecule has 1 atom stereocenters. The number of carbonyl (C=O) groups is 3. The highest BCUT2D eigenvalue weighted by molar-refractivity contribution is 5.91. The number of rotatable bonds is 5. The number of hydrogen-bond donors (Lipinski definition) is 0. The first-order chi connectivity index (χ1) is 11.6. The van der Waals surface area contributed by atoms with Gasteiger partial charge in [0, 0.05) is 19.8 Å². The lowest BCUT2D eigenvalue weighted by Crippen LogP contribution is -2.58. The van der Waals surface area contributed by atoms with Crippen LogP contribution in [0.5, 0.6) is 0 Å². The summed E-state index contributed by atoms with van der Waals surface area (Å²) in [5, 5.41) is 0. The van der Waals surface area contributed by atoms with Crippen molar-refractivity contribution in [1.82, 2.24) is 4.90 Å². The van der Waals surface area contributed by atoms with Crippen molar-refractivity contribution in [2.75, 3.05) is 6.54 Å². The van der Waals surface area contributed by atoms with Crippen LogP contribution in [0.3, 0.4) is 0 Å². The Labute approximate surface area is 149 Å². The maximum Gasteiger partial charge on any atom is 0.329 e. The van der Waals surface area contributed by atoms with E-state index in [4.69, 9.17) is 4.74 Å². The Morgan fingerprint density at radius 3 is 2.36 bits per heavy atom. The number of ketones is 1. The monoisotopic (exact) mass is 345 g/mol. The van der Waals surface area contributed by atoms with Gasteiger partial charge < -0.3 is 9.64 Å². The maximum absolute atomic E-state index is 12.4. The summed E-state index contributed by atoms with van der Waals surface area (Å²) in [6.45, 7) is 9.47. The van der Waals surface area contributed by atoms with E-state index in [-0.39, 0.29) is 24.5 Å². The number of morpholine rings is 1. The van der Waals surface area contributed by atoms with Crippen molar-refractivity contribution in [2.45, 2.75) is 65.0 Å². The molecule has 5 nitrogen and oxygen atoms in total.